The number of carbonyl (C=O) groups excluding carboxylic acids is 1. The van der Waals surface area contributed by atoms with Gasteiger partial charge in [-0.2, -0.15) is 0 Å². The molecule has 0 saturated carbocycles. The quantitative estimate of drug-likeness (QED) is 0.663. The molecular weight excluding hydrogens is 274 g/mol. The highest BCUT2D eigenvalue weighted by atomic mass is 16.5. The number of nitrogens with one attached hydrogen (secondary N) is 2. The van der Waals surface area contributed by atoms with Crippen molar-refractivity contribution in [2.24, 2.45) is 0 Å². The van der Waals surface area contributed by atoms with Crippen molar-refractivity contribution in [1.29, 1.82) is 0 Å². The Morgan fingerprint density at radius 3 is 2.67 bits per heavy atom. The fourth-order valence-electron chi connectivity index (χ4n) is 1.75. The van der Waals surface area contributed by atoms with Gasteiger partial charge in [-0.15, -0.1) is 0 Å². The average molecular weight is 295 g/mol. The van der Waals surface area contributed by atoms with Gasteiger partial charge in [-0.25, -0.2) is 9.59 Å². The van der Waals surface area contributed by atoms with Crippen molar-refractivity contribution in [3.63, 3.8) is 0 Å². The molecule has 7 heteroatoms. The number of amides is 2. The minimum absolute atomic E-state index is 0.0211. The molecule has 0 heterocycles. The first-order chi connectivity index (χ1) is 9.99. The zero-order chi connectivity index (χ0) is 15.8. The Hall–Kier alpha value is -2.28. The Bertz CT molecular complexity index is 505. The smallest absolute Gasteiger partial charge is 0.337 e. The van der Waals surface area contributed by atoms with E-state index in [1.807, 2.05) is 7.05 Å². The van der Waals surface area contributed by atoms with Crippen LogP contribution < -0.4 is 15.4 Å². The third kappa shape index (κ3) is 4.96. The molecule has 0 radical (unpaired) electrons. The summed E-state index contributed by atoms with van der Waals surface area (Å²) < 4.78 is 5.04. The molecule has 116 valence electrons. The van der Waals surface area contributed by atoms with Gasteiger partial charge in [-0.3, -0.25) is 0 Å². The number of aromatic carboxylic acids is 1. The van der Waals surface area contributed by atoms with Gasteiger partial charge >= 0.3 is 12.0 Å². The second-order valence-corrected chi connectivity index (χ2v) is 4.53. The number of carboxylic acid groups (broad SMARTS) is 1. The van der Waals surface area contributed by atoms with Crippen molar-refractivity contribution in [2.75, 3.05) is 39.6 Å². The van der Waals surface area contributed by atoms with Gasteiger partial charge in [0.2, 0.25) is 0 Å². The summed E-state index contributed by atoms with van der Waals surface area (Å²) in [5.74, 6) is -0.626. The number of anilines is 1. The summed E-state index contributed by atoms with van der Waals surface area (Å²) in [5, 5.41) is 14.7. The highest BCUT2D eigenvalue weighted by molar-refractivity contribution is 6.00. The minimum atomic E-state index is -1.11. The van der Waals surface area contributed by atoms with Crippen LogP contribution in [0.5, 0.6) is 5.75 Å². The van der Waals surface area contributed by atoms with Crippen LogP contribution in [0.2, 0.25) is 0 Å². The number of rotatable bonds is 7. The molecule has 0 spiro atoms. The van der Waals surface area contributed by atoms with E-state index in [1.54, 1.807) is 7.05 Å². The molecule has 2 amide bonds. The van der Waals surface area contributed by atoms with Crippen LogP contribution in [0, 0.1) is 0 Å². The van der Waals surface area contributed by atoms with Crippen molar-refractivity contribution in [3.8, 4) is 5.75 Å². The molecule has 0 aliphatic heterocycles. The number of ether oxygens (including phenoxy) is 1. The summed E-state index contributed by atoms with van der Waals surface area (Å²) in [4.78, 5) is 24.7. The van der Waals surface area contributed by atoms with Crippen LogP contribution in [0.25, 0.3) is 0 Å². The van der Waals surface area contributed by atoms with E-state index in [1.165, 1.54) is 30.2 Å². The zero-order valence-electron chi connectivity index (χ0n) is 12.5. The molecule has 1 aromatic carbocycles. The average Bonchev–Trinajstić information content (AvgIpc) is 2.46. The lowest BCUT2D eigenvalue weighted by atomic mass is 10.1. The number of carbonyl (C=O) groups is 2. The van der Waals surface area contributed by atoms with E-state index in [-0.39, 0.29) is 17.3 Å². The maximum absolute atomic E-state index is 12.0. The summed E-state index contributed by atoms with van der Waals surface area (Å²) in [6, 6.07) is 4.07. The second-order valence-electron chi connectivity index (χ2n) is 4.53. The van der Waals surface area contributed by atoms with Crippen LogP contribution in [0.15, 0.2) is 18.2 Å². The first-order valence-corrected chi connectivity index (χ1v) is 6.57. The van der Waals surface area contributed by atoms with Crippen LogP contribution in [-0.4, -0.2) is 56.3 Å². The van der Waals surface area contributed by atoms with Gasteiger partial charge in [0.1, 0.15) is 5.75 Å². The van der Waals surface area contributed by atoms with E-state index in [2.05, 4.69) is 10.6 Å². The number of hydrogen-bond acceptors (Lipinski definition) is 4. The normalized spacial score (nSPS) is 10.0. The lowest BCUT2D eigenvalue weighted by molar-refractivity contribution is 0.0698. The highest BCUT2D eigenvalue weighted by Gasteiger charge is 2.15. The van der Waals surface area contributed by atoms with Crippen molar-refractivity contribution in [3.05, 3.63) is 23.8 Å². The molecule has 0 aliphatic rings. The summed E-state index contributed by atoms with van der Waals surface area (Å²) in [7, 11) is 4.98. The van der Waals surface area contributed by atoms with Gasteiger partial charge in [-0.1, -0.05) is 0 Å². The van der Waals surface area contributed by atoms with E-state index < -0.39 is 5.97 Å². The molecule has 0 aromatic heterocycles. The fraction of sp³-hybridized carbons (Fsp3) is 0.429. The largest absolute Gasteiger partial charge is 0.497 e. The standard InChI is InChI=1S/C14H21N3O4/c1-15-7-4-8-17(2)14(20)16-12-9-10(21-3)5-6-11(12)13(18)19/h5-6,9,15H,4,7-8H2,1-3H3,(H,16,20)(H,18,19). The van der Waals surface area contributed by atoms with Crippen molar-refractivity contribution >= 4 is 17.7 Å². The van der Waals surface area contributed by atoms with Crippen molar-refractivity contribution < 1.29 is 19.4 Å². The number of methoxy groups -OCH3 is 1. The van der Waals surface area contributed by atoms with Crippen molar-refractivity contribution in [2.45, 2.75) is 6.42 Å². The molecule has 0 unspecified atom stereocenters. The number of benzene rings is 1. The van der Waals surface area contributed by atoms with Crippen LogP contribution in [0.4, 0.5) is 10.5 Å². The van der Waals surface area contributed by atoms with E-state index in [9.17, 15) is 9.59 Å². The van der Waals surface area contributed by atoms with Gasteiger partial charge in [-0.05, 0) is 32.1 Å². The second kappa shape index (κ2) is 8.11. The first kappa shape index (κ1) is 16.8. The number of nitrogens with zero attached hydrogens (tertiary/aromatic N) is 1. The summed E-state index contributed by atoms with van der Waals surface area (Å²) in [6.45, 7) is 1.37. The Morgan fingerprint density at radius 2 is 2.10 bits per heavy atom. The molecule has 0 bridgehead atoms. The third-order valence-electron chi connectivity index (χ3n) is 2.97. The summed E-state index contributed by atoms with van der Waals surface area (Å²) >= 11 is 0. The molecule has 3 N–H and O–H groups in total. The predicted molar refractivity (Wildman–Crippen MR) is 80.1 cm³/mol. The molecule has 1 rings (SSSR count). The van der Waals surface area contributed by atoms with E-state index in [4.69, 9.17) is 9.84 Å². The molecule has 21 heavy (non-hydrogen) atoms. The Balaban J connectivity index is 2.80. The number of carboxylic acids is 1. The maximum atomic E-state index is 12.0. The highest BCUT2D eigenvalue weighted by Crippen LogP contribution is 2.22. The Morgan fingerprint density at radius 1 is 1.38 bits per heavy atom. The van der Waals surface area contributed by atoms with Crippen LogP contribution in [-0.2, 0) is 0 Å². The predicted octanol–water partition coefficient (Wildman–Crippen LogP) is 1.47. The molecule has 1 aromatic rings. The molecule has 0 fully saturated rings. The van der Waals surface area contributed by atoms with Crippen molar-refractivity contribution in [1.82, 2.24) is 10.2 Å². The summed E-state index contributed by atoms with van der Waals surface area (Å²) in [6.07, 6.45) is 0.810. The SMILES string of the molecule is CNCCCN(C)C(=O)Nc1cc(OC)ccc1C(=O)O. The maximum Gasteiger partial charge on any atom is 0.337 e. The number of urea groups is 1. The molecular formula is C14H21N3O4. The van der Waals surface area contributed by atoms with E-state index >= 15 is 0 Å². The van der Waals surface area contributed by atoms with Gasteiger partial charge in [0.25, 0.3) is 0 Å². The van der Waals surface area contributed by atoms with E-state index in [0.717, 1.165) is 13.0 Å². The zero-order valence-corrected chi connectivity index (χ0v) is 12.5. The summed E-state index contributed by atoms with van der Waals surface area (Å²) in [5.41, 5.74) is 0.236. The van der Waals surface area contributed by atoms with E-state index in [0.29, 0.717) is 12.3 Å². The minimum Gasteiger partial charge on any atom is -0.497 e. The van der Waals surface area contributed by atoms with Gasteiger partial charge < -0.3 is 25.4 Å². The molecule has 0 saturated heterocycles. The molecule has 0 aliphatic carbocycles. The Kier molecular flexibility index (Phi) is 6.48. The molecule has 7 nitrogen and oxygen atoms in total. The lowest BCUT2D eigenvalue weighted by Gasteiger charge is -2.19. The fourth-order valence-corrected chi connectivity index (χ4v) is 1.75. The third-order valence-corrected chi connectivity index (χ3v) is 2.97. The topological polar surface area (TPSA) is 90.9 Å². The monoisotopic (exact) mass is 295 g/mol. The van der Waals surface area contributed by atoms with Crippen LogP contribution in [0.1, 0.15) is 16.8 Å². The Labute approximate surface area is 123 Å². The van der Waals surface area contributed by atoms with Gasteiger partial charge in [0, 0.05) is 19.7 Å². The van der Waals surface area contributed by atoms with Crippen LogP contribution >= 0.6 is 0 Å². The van der Waals surface area contributed by atoms with Crippen LogP contribution in [0.3, 0.4) is 0 Å². The van der Waals surface area contributed by atoms with Gasteiger partial charge in [0.05, 0.1) is 18.4 Å². The lowest BCUT2D eigenvalue weighted by Crippen LogP contribution is -2.33. The van der Waals surface area contributed by atoms with Gasteiger partial charge in [0.15, 0.2) is 0 Å². The first-order valence-electron chi connectivity index (χ1n) is 6.57. The molecule has 0 atom stereocenters. The number of hydrogen-bond donors (Lipinski definition) is 3.